The Balaban J connectivity index is 1.44. The molecular formula is C35H36S. The average molecular weight is 489 g/mol. The highest BCUT2D eigenvalue weighted by Gasteiger charge is 2.39. The van der Waals surface area contributed by atoms with Crippen LogP contribution in [-0.2, 0) is 22.7 Å². The van der Waals surface area contributed by atoms with Gasteiger partial charge in [0.15, 0.2) is 0 Å². The van der Waals surface area contributed by atoms with Crippen LogP contribution in [-0.4, -0.2) is 0 Å². The number of thiophene rings is 1. The van der Waals surface area contributed by atoms with Crippen molar-refractivity contribution in [2.24, 2.45) is 0 Å². The van der Waals surface area contributed by atoms with Crippen molar-refractivity contribution in [3.63, 3.8) is 0 Å². The summed E-state index contributed by atoms with van der Waals surface area (Å²) in [5.41, 5.74) is 10.3. The zero-order valence-electron chi connectivity index (χ0n) is 22.6. The van der Waals surface area contributed by atoms with E-state index in [1.807, 2.05) is 11.3 Å². The summed E-state index contributed by atoms with van der Waals surface area (Å²) in [5.74, 6) is 0. The largest absolute Gasteiger partial charge is 0.135 e. The first-order chi connectivity index (χ1) is 17.0. The Labute approximate surface area is 220 Å². The van der Waals surface area contributed by atoms with E-state index >= 15 is 0 Å². The van der Waals surface area contributed by atoms with Crippen LogP contribution in [0.3, 0.4) is 0 Å². The first kappa shape index (κ1) is 23.5. The Bertz CT molecular complexity index is 1640. The molecule has 1 heteroatoms. The second-order valence-corrected chi connectivity index (χ2v) is 13.9. The van der Waals surface area contributed by atoms with Crippen LogP contribution in [0.4, 0.5) is 0 Å². The van der Waals surface area contributed by atoms with Crippen molar-refractivity contribution in [3.05, 3.63) is 107 Å². The highest BCUT2D eigenvalue weighted by Crippen LogP contribution is 2.52. The number of hydrogen-bond acceptors (Lipinski definition) is 1. The third kappa shape index (κ3) is 3.47. The predicted molar refractivity (Wildman–Crippen MR) is 159 cm³/mol. The van der Waals surface area contributed by atoms with Crippen LogP contribution < -0.4 is 0 Å². The smallest absolute Gasteiger partial charge is 0.0392 e. The zero-order valence-corrected chi connectivity index (χ0v) is 23.4. The molecule has 1 heterocycles. The molecule has 0 nitrogen and oxygen atoms in total. The summed E-state index contributed by atoms with van der Waals surface area (Å²) < 4.78 is 2.81. The minimum Gasteiger partial charge on any atom is -0.135 e. The van der Waals surface area contributed by atoms with Gasteiger partial charge in [0.25, 0.3) is 0 Å². The standard InChI is InChI=1S/C35H36S/c1-33(2,3)28-15-10-13-24-26-20-22(18-19-27(26)35(6,7)31(24)28)21-34(4,5)29-16-11-14-25-23-12-8-9-17-30(23)36-32(25)29/h8-20H,21H2,1-7H3. The molecule has 0 unspecified atom stereocenters. The molecule has 6 rings (SSSR count). The lowest BCUT2D eigenvalue weighted by atomic mass is 9.73. The molecule has 0 spiro atoms. The summed E-state index contributed by atoms with van der Waals surface area (Å²) in [6, 6.07) is 29.9. The fourth-order valence-corrected chi connectivity index (χ4v) is 7.96. The third-order valence-corrected chi connectivity index (χ3v) is 9.54. The van der Waals surface area contributed by atoms with E-state index in [1.165, 1.54) is 59.1 Å². The van der Waals surface area contributed by atoms with E-state index in [0.29, 0.717) is 0 Å². The molecule has 0 aliphatic heterocycles. The molecule has 0 bridgehead atoms. The van der Waals surface area contributed by atoms with Crippen molar-refractivity contribution < 1.29 is 0 Å². The number of fused-ring (bicyclic) bond motifs is 6. The fourth-order valence-electron chi connectivity index (χ4n) is 6.56. The topological polar surface area (TPSA) is 0 Å². The monoisotopic (exact) mass is 488 g/mol. The first-order valence-electron chi connectivity index (χ1n) is 13.2. The molecule has 0 amide bonds. The van der Waals surface area contributed by atoms with Crippen molar-refractivity contribution >= 4 is 31.5 Å². The van der Waals surface area contributed by atoms with Gasteiger partial charge in [0.2, 0.25) is 0 Å². The lowest BCUT2D eigenvalue weighted by Gasteiger charge is -2.30. The maximum atomic E-state index is 2.49. The molecule has 0 N–H and O–H groups in total. The highest BCUT2D eigenvalue weighted by atomic mass is 32.1. The van der Waals surface area contributed by atoms with Gasteiger partial charge < -0.3 is 0 Å². The quantitative estimate of drug-likeness (QED) is 0.237. The Morgan fingerprint density at radius 2 is 1.39 bits per heavy atom. The molecule has 0 radical (unpaired) electrons. The molecular weight excluding hydrogens is 452 g/mol. The van der Waals surface area contributed by atoms with Crippen molar-refractivity contribution in [2.45, 2.75) is 71.1 Å². The summed E-state index contributed by atoms with van der Waals surface area (Å²) in [6.45, 7) is 16.6. The van der Waals surface area contributed by atoms with Crippen LogP contribution in [0.15, 0.2) is 78.9 Å². The van der Waals surface area contributed by atoms with Crippen LogP contribution in [0, 0.1) is 0 Å². The van der Waals surface area contributed by atoms with Gasteiger partial charge in [-0.3, -0.25) is 0 Å². The summed E-state index contributed by atoms with van der Waals surface area (Å²) >= 11 is 1.94. The molecule has 4 aromatic carbocycles. The maximum Gasteiger partial charge on any atom is 0.0392 e. The zero-order chi connectivity index (χ0) is 25.5. The summed E-state index contributed by atoms with van der Waals surface area (Å²) in [5, 5.41) is 2.77. The van der Waals surface area contributed by atoms with Gasteiger partial charge in [-0.05, 0) is 62.3 Å². The minimum atomic E-state index is 0.0191. The molecule has 1 aromatic heterocycles. The van der Waals surface area contributed by atoms with Gasteiger partial charge in [0.1, 0.15) is 0 Å². The van der Waals surface area contributed by atoms with Gasteiger partial charge in [-0.2, -0.15) is 0 Å². The fraction of sp³-hybridized carbons (Fsp3) is 0.314. The predicted octanol–water partition coefficient (Wildman–Crippen LogP) is 10.2. The van der Waals surface area contributed by atoms with Gasteiger partial charge in [0, 0.05) is 25.6 Å². The summed E-state index contributed by atoms with van der Waals surface area (Å²) in [7, 11) is 0. The summed E-state index contributed by atoms with van der Waals surface area (Å²) in [4.78, 5) is 0. The van der Waals surface area contributed by atoms with Crippen molar-refractivity contribution in [3.8, 4) is 11.1 Å². The molecule has 5 aromatic rings. The number of hydrogen-bond donors (Lipinski definition) is 0. The van der Waals surface area contributed by atoms with E-state index in [4.69, 9.17) is 0 Å². The summed E-state index contributed by atoms with van der Waals surface area (Å²) in [6.07, 6.45) is 1.02. The third-order valence-electron chi connectivity index (χ3n) is 8.32. The molecule has 0 atom stereocenters. The van der Waals surface area contributed by atoms with E-state index in [1.54, 1.807) is 0 Å². The van der Waals surface area contributed by atoms with Crippen molar-refractivity contribution in [1.82, 2.24) is 0 Å². The SMILES string of the molecule is CC(C)(C)c1cccc2c1C(C)(C)c1ccc(CC(C)(C)c3cccc4c3sc3ccccc34)cc1-2. The number of rotatable bonds is 3. The average Bonchev–Trinajstić information content (AvgIpc) is 3.31. The Morgan fingerprint density at radius 1 is 0.694 bits per heavy atom. The van der Waals surface area contributed by atoms with Gasteiger partial charge >= 0.3 is 0 Å². The maximum absolute atomic E-state index is 2.49. The van der Waals surface area contributed by atoms with Gasteiger partial charge in [-0.25, -0.2) is 0 Å². The molecule has 36 heavy (non-hydrogen) atoms. The van der Waals surface area contributed by atoms with Crippen molar-refractivity contribution in [1.29, 1.82) is 0 Å². The van der Waals surface area contributed by atoms with E-state index in [2.05, 4.69) is 127 Å². The van der Waals surface area contributed by atoms with Gasteiger partial charge in [0.05, 0.1) is 0 Å². The van der Waals surface area contributed by atoms with Crippen molar-refractivity contribution in [2.75, 3.05) is 0 Å². The van der Waals surface area contributed by atoms with E-state index in [0.717, 1.165) is 6.42 Å². The van der Waals surface area contributed by atoms with Crippen LogP contribution in [0.25, 0.3) is 31.3 Å². The Kier molecular flexibility index (Phi) is 5.09. The minimum absolute atomic E-state index is 0.0191. The second kappa shape index (κ2) is 7.80. The first-order valence-corrected chi connectivity index (χ1v) is 14.0. The van der Waals surface area contributed by atoms with Crippen LogP contribution in [0.2, 0.25) is 0 Å². The molecule has 1 aliphatic carbocycles. The van der Waals surface area contributed by atoms with E-state index in [9.17, 15) is 0 Å². The number of benzene rings is 4. The molecule has 1 aliphatic rings. The van der Waals surface area contributed by atoms with Gasteiger partial charge in [-0.1, -0.05) is 121 Å². The molecule has 0 saturated carbocycles. The molecule has 0 saturated heterocycles. The Hall–Kier alpha value is -2.90. The van der Waals surface area contributed by atoms with Crippen LogP contribution in [0.5, 0.6) is 0 Å². The highest BCUT2D eigenvalue weighted by molar-refractivity contribution is 7.26. The van der Waals surface area contributed by atoms with Gasteiger partial charge in [-0.15, -0.1) is 11.3 Å². The van der Waals surface area contributed by atoms with E-state index < -0.39 is 0 Å². The Morgan fingerprint density at radius 3 is 2.17 bits per heavy atom. The van der Waals surface area contributed by atoms with Crippen LogP contribution >= 0.6 is 11.3 Å². The lowest BCUT2D eigenvalue weighted by Crippen LogP contribution is -2.23. The molecule has 182 valence electrons. The second-order valence-electron chi connectivity index (χ2n) is 12.8. The molecule has 0 fully saturated rings. The lowest BCUT2D eigenvalue weighted by molar-refractivity contribution is 0.527. The van der Waals surface area contributed by atoms with E-state index in [-0.39, 0.29) is 16.2 Å². The van der Waals surface area contributed by atoms with Crippen LogP contribution in [0.1, 0.15) is 76.3 Å². The normalized spacial score (nSPS) is 14.9.